The molecule has 0 saturated carbocycles. The molecule has 0 spiro atoms. The number of nitrogens with one attached hydrogen (secondary N) is 1. The Morgan fingerprint density at radius 3 is 2.43 bits per heavy atom. The zero-order chi connectivity index (χ0) is 16.7. The van der Waals surface area contributed by atoms with E-state index in [4.69, 9.17) is 14.2 Å². The van der Waals surface area contributed by atoms with Gasteiger partial charge in [-0.15, -0.1) is 0 Å². The van der Waals surface area contributed by atoms with Gasteiger partial charge in [-0.05, 0) is 65.9 Å². The fourth-order valence-corrected chi connectivity index (χ4v) is 2.24. The fraction of sp³-hybridized carbons (Fsp3) is 0.235. The number of benzene rings is 2. The predicted octanol–water partition coefficient (Wildman–Crippen LogP) is 3.72. The average molecular weight is 427 g/mol. The number of methoxy groups -OCH3 is 1. The van der Waals surface area contributed by atoms with Crippen molar-refractivity contribution in [3.63, 3.8) is 0 Å². The molecule has 2 rings (SSSR count). The minimum absolute atomic E-state index is 0.0800. The summed E-state index contributed by atoms with van der Waals surface area (Å²) in [4.78, 5) is 12.1. The molecule has 1 amide bonds. The molecular weight excluding hydrogens is 409 g/mol. The number of amides is 1. The minimum Gasteiger partial charge on any atom is -0.497 e. The van der Waals surface area contributed by atoms with Crippen molar-refractivity contribution in [3.05, 3.63) is 46.0 Å². The van der Waals surface area contributed by atoms with Crippen LogP contribution in [0, 0.1) is 3.57 Å². The Morgan fingerprint density at radius 2 is 1.78 bits per heavy atom. The third-order valence-corrected chi connectivity index (χ3v) is 3.66. The highest BCUT2D eigenvalue weighted by atomic mass is 127. The maximum absolute atomic E-state index is 12.1. The number of hydrogen-bond donors (Lipinski definition) is 1. The lowest BCUT2D eigenvalue weighted by Gasteiger charge is -2.13. The largest absolute Gasteiger partial charge is 0.497 e. The lowest BCUT2D eigenvalue weighted by Crippen LogP contribution is -2.20. The molecule has 23 heavy (non-hydrogen) atoms. The topological polar surface area (TPSA) is 56.8 Å². The molecule has 2 aromatic rings. The fourth-order valence-electron chi connectivity index (χ4n) is 1.88. The lowest BCUT2D eigenvalue weighted by molar-refractivity contribution is -0.118. The van der Waals surface area contributed by atoms with Crippen molar-refractivity contribution in [1.82, 2.24) is 0 Å². The van der Waals surface area contributed by atoms with Gasteiger partial charge >= 0.3 is 0 Å². The number of ether oxygens (including phenoxy) is 3. The molecule has 122 valence electrons. The van der Waals surface area contributed by atoms with E-state index in [0.29, 0.717) is 29.5 Å². The average Bonchev–Trinajstić information content (AvgIpc) is 2.56. The van der Waals surface area contributed by atoms with Gasteiger partial charge in [0.05, 0.1) is 19.4 Å². The van der Waals surface area contributed by atoms with Gasteiger partial charge in [-0.2, -0.15) is 0 Å². The summed E-state index contributed by atoms with van der Waals surface area (Å²) in [6.07, 6.45) is 0. The van der Waals surface area contributed by atoms with E-state index < -0.39 is 0 Å². The van der Waals surface area contributed by atoms with Crippen LogP contribution in [0.25, 0.3) is 0 Å². The van der Waals surface area contributed by atoms with Crippen molar-refractivity contribution in [2.24, 2.45) is 0 Å². The Balaban J connectivity index is 1.99. The molecule has 1 N–H and O–H groups in total. The van der Waals surface area contributed by atoms with Crippen LogP contribution in [0.15, 0.2) is 42.5 Å². The molecule has 0 aromatic heterocycles. The molecule has 0 heterocycles. The first-order valence-corrected chi connectivity index (χ1v) is 8.19. The van der Waals surface area contributed by atoms with Crippen LogP contribution in [-0.4, -0.2) is 26.2 Å². The van der Waals surface area contributed by atoms with Crippen molar-refractivity contribution < 1.29 is 19.0 Å². The second-order valence-electron chi connectivity index (χ2n) is 4.59. The van der Waals surface area contributed by atoms with Gasteiger partial charge in [0.1, 0.15) is 17.2 Å². The summed E-state index contributed by atoms with van der Waals surface area (Å²) >= 11 is 2.21. The number of carbonyl (C=O) groups excluding carboxylic acids is 1. The summed E-state index contributed by atoms with van der Waals surface area (Å²) < 4.78 is 17.2. The van der Waals surface area contributed by atoms with E-state index in [1.807, 2.05) is 31.2 Å². The summed E-state index contributed by atoms with van der Waals surface area (Å²) in [5.41, 5.74) is 0.558. The van der Waals surface area contributed by atoms with Gasteiger partial charge < -0.3 is 19.5 Å². The molecule has 0 unspecified atom stereocenters. The smallest absolute Gasteiger partial charge is 0.262 e. The van der Waals surface area contributed by atoms with E-state index in [-0.39, 0.29) is 12.5 Å². The molecule has 0 bridgehead atoms. The number of anilines is 1. The summed E-state index contributed by atoms with van der Waals surface area (Å²) in [6.45, 7) is 2.31. The Kier molecular flexibility index (Phi) is 6.52. The van der Waals surface area contributed by atoms with Crippen LogP contribution in [-0.2, 0) is 4.79 Å². The van der Waals surface area contributed by atoms with Crippen molar-refractivity contribution >= 4 is 34.2 Å². The number of carbonyl (C=O) groups is 1. The Labute approximate surface area is 149 Å². The van der Waals surface area contributed by atoms with Crippen LogP contribution in [0.5, 0.6) is 17.2 Å². The molecule has 0 atom stereocenters. The van der Waals surface area contributed by atoms with Gasteiger partial charge in [0.25, 0.3) is 5.91 Å². The Bertz CT molecular complexity index is 658. The van der Waals surface area contributed by atoms with Crippen molar-refractivity contribution in [1.29, 1.82) is 0 Å². The van der Waals surface area contributed by atoms with Crippen molar-refractivity contribution in [2.45, 2.75) is 6.92 Å². The minimum atomic E-state index is -0.266. The third kappa shape index (κ3) is 5.31. The lowest BCUT2D eigenvalue weighted by atomic mass is 10.2. The van der Waals surface area contributed by atoms with E-state index >= 15 is 0 Å². The highest BCUT2D eigenvalue weighted by Crippen LogP contribution is 2.29. The van der Waals surface area contributed by atoms with Crippen LogP contribution in [0.4, 0.5) is 5.69 Å². The molecule has 0 saturated heterocycles. The van der Waals surface area contributed by atoms with Crippen LogP contribution >= 0.6 is 22.6 Å². The summed E-state index contributed by atoms with van der Waals surface area (Å²) in [7, 11) is 1.57. The van der Waals surface area contributed by atoms with Crippen LogP contribution < -0.4 is 19.5 Å². The van der Waals surface area contributed by atoms with Gasteiger partial charge in [0.2, 0.25) is 0 Å². The van der Waals surface area contributed by atoms with Crippen LogP contribution in [0.1, 0.15) is 6.92 Å². The first-order chi connectivity index (χ1) is 11.1. The second-order valence-corrected chi connectivity index (χ2v) is 5.83. The number of hydrogen-bond acceptors (Lipinski definition) is 4. The Hall–Kier alpha value is -1.96. The second kappa shape index (κ2) is 8.61. The molecule has 0 radical (unpaired) electrons. The molecule has 0 aliphatic heterocycles. The van der Waals surface area contributed by atoms with Gasteiger partial charge in [-0.1, -0.05) is 0 Å². The monoisotopic (exact) mass is 427 g/mol. The molecule has 2 aromatic carbocycles. The molecule has 6 heteroatoms. The number of rotatable bonds is 7. The standard InChI is InChI=1S/C17H18INO4/c1-3-22-16-9-8-14(21-2)10-15(16)19-17(20)11-23-13-6-4-12(18)5-7-13/h4-10H,3,11H2,1-2H3,(H,19,20). The maximum Gasteiger partial charge on any atom is 0.262 e. The van der Waals surface area contributed by atoms with E-state index in [9.17, 15) is 4.79 Å². The quantitative estimate of drug-likeness (QED) is 0.685. The summed E-state index contributed by atoms with van der Waals surface area (Å²) in [5, 5.41) is 2.78. The zero-order valence-electron chi connectivity index (χ0n) is 13.0. The molecule has 0 fully saturated rings. The molecule has 0 aliphatic rings. The normalized spacial score (nSPS) is 10.0. The Morgan fingerprint density at radius 1 is 1.09 bits per heavy atom. The SMILES string of the molecule is CCOc1ccc(OC)cc1NC(=O)COc1ccc(I)cc1. The van der Waals surface area contributed by atoms with Crippen molar-refractivity contribution in [3.8, 4) is 17.2 Å². The predicted molar refractivity (Wildman–Crippen MR) is 97.4 cm³/mol. The summed E-state index contributed by atoms with van der Waals surface area (Å²) in [6, 6.07) is 12.7. The summed E-state index contributed by atoms with van der Waals surface area (Å²) in [5.74, 6) is 1.62. The first-order valence-electron chi connectivity index (χ1n) is 7.11. The maximum atomic E-state index is 12.1. The highest BCUT2D eigenvalue weighted by molar-refractivity contribution is 14.1. The van der Waals surface area contributed by atoms with E-state index in [0.717, 1.165) is 3.57 Å². The van der Waals surface area contributed by atoms with Gasteiger partial charge in [0, 0.05) is 9.64 Å². The highest BCUT2D eigenvalue weighted by Gasteiger charge is 2.10. The molecule has 0 aliphatic carbocycles. The number of halogens is 1. The molecule has 5 nitrogen and oxygen atoms in total. The third-order valence-electron chi connectivity index (χ3n) is 2.94. The first kappa shape index (κ1) is 17.4. The molecular formula is C17H18INO4. The van der Waals surface area contributed by atoms with E-state index in [1.54, 1.807) is 25.3 Å². The zero-order valence-corrected chi connectivity index (χ0v) is 15.1. The van der Waals surface area contributed by atoms with E-state index in [1.165, 1.54) is 0 Å². The van der Waals surface area contributed by atoms with E-state index in [2.05, 4.69) is 27.9 Å². The van der Waals surface area contributed by atoms with Gasteiger partial charge in [-0.3, -0.25) is 4.79 Å². The van der Waals surface area contributed by atoms with Crippen molar-refractivity contribution in [2.75, 3.05) is 25.6 Å². The van der Waals surface area contributed by atoms with Gasteiger partial charge in [0.15, 0.2) is 6.61 Å². The van der Waals surface area contributed by atoms with Crippen LogP contribution in [0.2, 0.25) is 0 Å². The van der Waals surface area contributed by atoms with Crippen LogP contribution in [0.3, 0.4) is 0 Å². The van der Waals surface area contributed by atoms with Gasteiger partial charge in [-0.25, -0.2) is 0 Å².